The highest BCUT2D eigenvalue weighted by molar-refractivity contribution is 6.10. The van der Waals surface area contributed by atoms with Crippen molar-refractivity contribution in [2.24, 2.45) is 22.4 Å². The SMILES string of the molecule is CN=CC(=CN)c1cc2c(cc1C(F)F)N(C(N)C1CN(C(C)=O)CCC1NC1CCN(CC(=O)O)CC1)CCC2. The maximum atomic E-state index is 14.3. The van der Waals surface area contributed by atoms with Crippen LogP contribution in [0.3, 0.4) is 0 Å². The molecule has 0 radical (unpaired) electrons. The van der Waals surface area contributed by atoms with Crippen molar-refractivity contribution in [2.75, 3.05) is 51.2 Å². The molecule has 0 aliphatic carbocycles. The minimum Gasteiger partial charge on any atom is -0.480 e. The first-order chi connectivity index (χ1) is 19.6. The van der Waals surface area contributed by atoms with E-state index < -0.39 is 18.6 Å². The maximum absolute atomic E-state index is 14.3. The van der Waals surface area contributed by atoms with Gasteiger partial charge in [-0.15, -0.1) is 0 Å². The Balaban J connectivity index is 1.59. The second-order valence-corrected chi connectivity index (χ2v) is 11.3. The molecule has 3 atom stereocenters. The number of fused-ring (bicyclic) bond motifs is 1. The smallest absolute Gasteiger partial charge is 0.317 e. The Kier molecular flexibility index (Phi) is 10.3. The van der Waals surface area contributed by atoms with Crippen LogP contribution in [0.15, 0.2) is 23.3 Å². The number of nitrogens with zero attached hydrogens (tertiary/aromatic N) is 4. The number of aliphatic imine (C=N–C) groups is 1. The van der Waals surface area contributed by atoms with Crippen molar-refractivity contribution in [1.29, 1.82) is 0 Å². The fraction of sp³-hybridized carbons (Fsp3) is 0.621. The molecule has 2 saturated heterocycles. The van der Waals surface area contributed by atoms with E-state index in [2.05, 4.69) is 10.3 Å². The van der Waals surface area contributed by atoms with E-state index in [0.29, 0.717) is 49.5 Å². The number of carbonyl (C=O) groups excluding carboxylic acids is 1. The van der Waals surface area contributed by atoms with Crippen molar-refractivity contribution in [3.63, 3.8) is 0 Å². The van der Waals surface area contributed by atoms with Crippen molar-refractivity contribution < 1.29 is 23.5 Å². The Morgan fingerprint density at radius 1 is 1.20 bits per heavy atom. The number of aryl methyl sites for hydroxylation is 1. The van der Waals surface area contributed by atoms with Gasteiger partial charge in [0.25, 0.3) is 6.43 Å². The zero-order valence-electron chi connectivity index (χ0n) is 23.9. The summed E-state index contributed by atoms with van der Waals surface area (Å²) in [5.41, 5.74) is 15.1. The first-order valence-electron chi connectivity index (χ1n) is 14.4. The third kappa shape index (κ3) is 7.22. The van der Waals surface area contributed by atoms with Crippen molar-refractivity contribution in [1.82, 2.24) is 15.1 Å². The van der Waals surface area contributed by atoms with Gasteiger partial charge in [-0.25, -0.2) is 8.78 Å². The minimum absolute atomic E-state index is 0.00927. The van der Waals surface area contributed by atoms with Gasteiger partial charge in [0, 0.05) is 93.9 Å². The van der Waals surface area contributed by atoms with Crippen LogP contribution < -0.4 is 21.7 Å². The third-order valence-corrected chi connectivity index (χ3v) is 8.70. The molecular weight excluding hydrogens is 532 g/mol. The van der Waals surface area contributed by atoms with Crippen LogP contribution >= 0.6 is 0 Å². The summed E-state index contributed by atoms with van der Waals surface area (Å²) in [6.07, 6.45) is 3.52. The number of carboxylic acid groups (broad SMARTS) is 1. The van der Waals surface area contributed by atoms with Crippen LogP contribution in [0.4, 0.5) is 14.5 Å². The monoisotopic (exact) mass is 575 g/mol. The molecule has 0 saturated carbocycles. The summed E-state index contributed by atoms with van der Waals surface area (Å²) in [7, 11) is 1.57. The number of likely N-dealkylation sites (tertiary alicyclic amines) is 2. The van der Waals surface area contributed by atoms with Gasteiger partial charge in [-0.3, -0.25) is 19.5 Å². The number of halogens is 2. The van der Waals surface area contributed by atoms with Gasteiger partial charge >= 0.3 is 5.97 Å². The van der Waals surface area contributed by atoms with Crippen LogP contribution in [0, 0.1) is 5.92 Å². The van der Waals surface area contributed by atoms with Gasteiger partial charge in [0.15, 0.2) is 0 Å². The van der Waals surface area contributed by atoms with Gasteiger partial charge in [0.1, 0.15) is 0 Å². The van der Waals surface area contributed by atoms with E-state index in [1.54, 1.807) is 26.1 Å². The van der Waals surface area contributed by atoms with Gasteiger partial charge in [-0.1, -0.05) is 0 Å². The maximum Gasteiger partial charge on any atom is 0.317 e. The predicted octanol–water partition coefficient (Wildman–Crippen LogP) is 2.04. The molecule has 12 heteroatoms. The van der Waals surface area contributed by atoms with Crippen molar-refractivity contribution >= 4 is 29.4 Å². The highest BCUT2D eigenvalue weighted by atomic mass is 19.3. The summed E-state index contributed by atoms with van der Waals surface area (Å²) in [6.45, 7) is 4.73. The number of benzene rings is 1. The Labute approximate surface area is 240 Å². The van der Waals surface area contributed by atoms with E-state index in [0.717, 1.165) is 37.7 Å². The summed E-state index contributed by atoms with van der Waals surface area (Å²) >= 11 is 0. The molecule has 0 aromatic heterocycles. The largest absolute Gasteiger partial charge is 0.480 e. The molecule has 6 N–H and O–H groups in total. The van der Waals surface area contributed by atoms with Crippen LogP contribution in [0.2, 0.25) is 0 Å². The van der Waals surface area contributed by atoms with E-state index in [4.69, 9.17) is 16.6 Å². The summed E-state index contributed by atoms with van der Waals surface area (Å²) < 4.78 is 28.6. The fourth-order valence-electron chi connectivity index (χ4n) is 6.56. The van der Waals surface area contributed by atoms with E-state index in [1.165, 1.54) is 12.4 Å². The number of allylic oxidation sites excluding steroid dienone is 1. The molecule has 2 fully saturated rings. The highest BCUT2D eigenvalue weighted by Gasteiger charge is 2.39. The molecule has 0 spiro atoms. The second kappa shape index (κ2) is 13.7. The van der Waals surface area contributed by atoms with Crippen LogP contribution in [0.1, 0.15) is 55.7 Å². The molecule has 1 aromatic rings. The number of nitrogens with one attached hydrogen (secondary N) is 1. The number of carbonyl (C=O) groups is 2. The number of carboxylic acids is 1. The first kappa shape index (κ1) is 30.9. The summed E-state index contributed by atoms with van der Waals surface area (Å²) in [4.78, 5) is 33.2. The van der Waals surface area contributed by atoms with Crippen molar-refractivity contribution in [2.45, 2.75) is 63.7 Å². The molecule has 1 amide bonds. The second-order valence-electron chi connectivity index (χ2n) is 11.3. The molecule has 1 aromatic carbocycles. The molecular formula is C29H43F2N7O3. The summed E-state index contributed by atoms with van der Waals surface area (Å²) in [5.74, 6) is -0.959. The Morgan fingerprint density at radius 3 is 2.54 bits per heavy atom. The molecule has 3 aliphatic rings. The fourth-order valence-corrected chi connectivity index (χ4v) is 6.56. The molecule has 3 heterocycles. The van der Waals surface area contributed by atoms with Gasteiger partial charge in [0.05, 0.1) is 12.7 Å². The highest BCUT2D eigenvalue weighted by Crippen LogP contribution is 2.38. The number of hydrogen-bond donors (Lipinski definition) is 4. The standard InChI is InChI=1S/C29H43F2N7O3/c1-18(39)37-11-7-25(35-21-5-9-36(10-6-21)17-27(40)41)24(16-37)29(33)38-8-3-4-19-12-22(20(14-32)15-34-2)23(28(30)31)13-26(19)38/h12-15,21,24-25,28-29,35H,3-11,16-17,32-33H2,1-2H3,(H,40,41). The molecule has 226 valence electrons. The van der Waals surface area contributed by atoms with E-state index in [-0.39, 0.29) is 36.0 Å². The van der Waals surface area contributed by atoms with Crippen LogP contribution in [0.5, 0.6) is 0 Å². The summed E-state index contributed by atoms with van der Waals surface area (Å²) in [6, 6.07) is 3.59. The lowest BCUT2D eigenvalue weighted by Crippen LogP contribution is -2.63. The molecule has 4 rings (SSSR count). The lowest BCUT2D eigenvalue weighted by atomic mass is 9.85. The lowest BCUT2D eigenvalue weighted by Gasteiger charge is -2.48. The number of nitrogens with two attached hydrogens (primary N) is 2. The van der Waals surface area contributed by atoms with E-state index in [1.807, 2.05) is 14.7 Å². The van der Waals surface area contributed by atoms with Crippen LogP contribution in [-0.2, 0) is 16.0 Å². The normalized spacial score (nSPS) is 23.7. The Morgan fingerprint density at radius 2 is 1.93 bits per heavy atom. The Bertz CT molecular complexity index is 1150. The van der Waals surface area contributed by atoms with Gasteiger partial charge in [0.2, 0.25) is 5.91 Å². The summed E-state index contributed by atoms with van der Waals surface area (Å²) in [5, 5.41) is 12.9. The number of anilines is 1. The molecule has 0 bridgehead atoms. The molecule has 3 unspecified atom stereocenters. The lowest BCUT2D eigenvalue weighted by molar-refractivity contribution is -0.138. The predicted molar refractivity (Wildman–Crippen MR) is 156 cm³/mol. The third-order valence-electron chi connectivity index (χ3n) is 8.70. The number of hydrogen-bond acceptors (Lipinski definition) is 8. The first-order valence-corrected chi connectivity index (χ1v) is 14.4. The number of alkyl halides is 2. The number of rotatable bonds is 9. The average Bonchev–Trinajstić information content (AvgIpc) is 2.95. The quantitative estimate of drug-likeness (QED) is 0.328. The topological polar surface area (TPSA) is 141 Å². The zero-order chi connectivity index (χ0) is 29.7. The zero-order valence-corrected chi connectivity index (χ0v) is 23.9. The number of aliphatic carboxylic acids is 1. The van der Waals surface area contributed by atoms with E-state index in [9.17, 15) is 18.4 Å². The minimum atomic E-state index is -2.71. The van der Waals surface area contributed by atoms with Crippen molar-refractivity contribution in [3.8, 4) is 0 Å². The molecule has 3 aliphatic heterocycles. The van der Waals surface area contributed by atoms with Crippen LogP contribution in [0.25, 0.3) is 5.57 Å². The molecule has 41 heavy (non-hydrogen) atoms. The molecule has 10 nitrogen and oxygen atoms in total. The Hall–Kier alpha value is -3.09. The van der Waals surface area contributed by atoms with Gasteiger partial charge in [-0.05, 0) is 55.4 Å². The van der Waals surface area contributed by atoms with Crippen LogP contribution in [-0.4, -0.2) is 97.6 Å². The van der Waals surface area contributed by atoms with Gasteiger partial charge in [-0.2, -0.15) is 0 Å². The average molecular weight is 576 g/mol. The van der Waals surface area contributed by atoms with Crippen molar-refractivity contribution in [3.05, 3.63) is 35.0 Å². The van der Waals surface area contributed by atoms with E-state index >= 15 is 0 Å². The number of piperidine rings is 2. The van der Waals surface area contributed by atoms with Gasteiger partial charge < -0.3 is 31.7 Å². The number of amides is 1.